The van der Waals surface area contributed by atoms with E-state index in [2.05, 4.69) is 17.9 Å². The van der Waals surface area contributed by atoms with E-state index in [1.165, 1.54) is 24.3 Å². The van der Waals surface area contributed by atoms with Gasteiger partial charge in [0, 0.05) is 12.2 Å². The van der Waals surface area contributed by atoms with Gasteiger partial charge in [0.15, 0.2) is 6.26 Å². The topological polar surface area (TPSA) is 113 Å². The Morgan fingerprint density at radius 2 is 1.43 bits per heavy atom. The predicted octanol–water partition coefficient (Wildman–Crippen LogP) is 2.29. The first kappa shape index (κ1) is 17.7. The molecule has 0 aliphatic heterocycles. The number of allylic oxidation sites excluding steroid dienone is 6. The van der Waals surface area contributed by atoms with E-state index in [1.54, 1.807) is 0 Å². The van der Waals surface area contributed by atoms with Gasteiger partial charge >= 0.3 is 11.7 Å². The lowest BCUT2D eigenvalue weighted by Gasteiger charge is -1.94. The number of nitrogens with zero attached hydrogens (tertiary/aromatic N) is 2. The minimum Gasteiger partial charge on any atom is -0.424 e. The van der Waals surface area contributed by atoms with E-state index in [9.17, 15) is 25.0 Å². The molecule has 0 spiro atoms. The molecule has 0 unspecified atom stereocenters. The van der Waals surface area contributed by atoms with Crippen LogP contribution in [0.5, 0.6) is 0 Å². The van der Waals surface area contributed by atoms with Crippen LogP contribution in [0.1, 0.15) is 0 Å². The fourth-order valence-corrected chi connectivity index (χ4v) is 0.911. The molecule has 0 N–H and O–H groups in total. The average Bonchev–Trinajstić information content (AvgIpc) is 2.42. The van der Waals surface area contributed by atoms with E-state index in [4.69, 9.17) is 0 Å². The largest absolute Gasteiger partial charge is 0.424 e. The van der Waals surface area contributed by atoms with E-state index < -0.39 is 27.2 Å². The Labute approximate surface area is 120 Å². The van der Waals surface area contributed by atoms with Crippen LogP contribution in [0.15, 0.2) is 73.3 Å². The van der Waals surface area contributed by atoms with Gasteiger partial charge in [-0.2, -0.15) is 0 Å². The summed E-state index contributed by atoms with van der Waals surface area (Å²) in [6.45, 7) is 6.66. The maximum atomic E-state index is 11.3. The molecule has 0 aliphatic rings. The molecule has 0 heterocycles. The number of carbonyl (C=O) groups excluding carboxylic acids is 1. The first-order valence-corrected chi connectivity index (χ1v) is 5.41. The normalized spacial score (nSPS) is 12.4. The average molecular weight is 292 g/mol. The van der Waals surface area contributed by atoms with Crippen LogP contribution in [0.25, 0.3) is 0 Å². The SMILES string of the molecule is C=C/C=C/C(=C/OC(=O)/C=C(/C=C/C=C)[N+](=O)[O-])[N+](=O)[O-]. The van der Waals surface area contributed by atoms with Gasteiger partial charge in [0.2, 0.25) is 0 Å². The Morgan fingerprint density at radius 1 is 0.952 bits per heavy atom. The van der Waals surface area contributed by atoms with Crippen molar-refractivity contribution in [2.24, 2.45) is 0 Å². The molecule has 0 fully saturated rings. The second-order valence-corrected chi connectivity index (χ2v) is 3.25. The van der Waals surface area contributed by atoms with E-state index in [0.29, 0.717) is 12.3 Å². The number of nitro groups is 2. The third-order valence-electron chi connectivity index (χ3n) is 1.79. The fourth-order valence-electron chi connectivity index (χ4n) is 0.911. The van der Waals surface area contributed by atoms with Crippen LogP contribution in [0.4, 0.5) is 0 Å². The van der Waals surface area contributed by atoms with Crippen molar-refractivity contribution in [3.63, 3.8) is 0 Å². The summed E-state index contributed by atoms with van der Waals surface area (Å²) in [5, 5.41) is 21.2. The highest BCUT2D eigenvalue weighted by Gasteiger charge is 2.12. The van der Waals surface area contributed by atoms with Crippen LogP contribution < -0.4 is 0 Å². The van der Waals surface area contributed by atoms with Crippen molar-refractivity contribution < 1.29 is 19.4 Å². The Bertz CT molecular complexity index is 569. The minimum absolute atomic E-state index is 0.513. The fraction of sp³-hybridized carbons (Fsp3) is 0. The highest BCUT2D eigenvalue weighted by molar-refractivity contribution is 5.83. The van der Waals surface area contributed by atoms with Crippen molar-refractivity contribution >= 4 is 5.97 Å². The van der Waals surface area contributed by atoms with Crippen molar-refractivity contribution in [3.8, 4) is 0 Å². The molecule has 8 nitrogen and oxygen atoms in total. The number of ether oxygens (including phenoxy) is 1. The van der Waals surface area contributed by atoms with Gasteiger partial charge < -0.3 is 4.74 Å². The van der Waals surface area contributed by atoms with E-state index in [-0.39, 0.29) is 0 Å². The van der Waals surface area contributed by atoms with E-state index in [0.717, 1.165) is 12.2 Å². The molecular formula is C13H12N2O6. The summed E-state index contributed by atoms with van der Waals surface area (Å²) in [5.74, 6) is -1.12. The van der Waals surface area contributed by atoms with Gasteiger partial charge in [-0.25, -0.2) is 4.79 Å². The summed E-state index contributed by atoms with van der Waals surface area (Å²) in [4.78, 5) is 31.0. The molecule has 0 aromatic heterocycles. The van der Waals surface area contributed by atoms with Gasteiger partial charge in [0.1, 0.15) is 6.08 Å². The molecule has 0 rings (SSSR count). The number of rotatable bonds is 8. The van der Waals surface area contributed by atoms with Gasteiger partial charge in [0.25, 0.3) is 5.70 Å². The standard InChI is InChI=1S/C13H12N2O6/c1-3-5-7-11(14(17)18)9-13(16)21-10-12(15(19)20)8-6-4-2/h3-10H,1-2H2/b7-5+,8-6+,11-9-,12-10-. The molecular weight excluding hydrogens is 280 g/mol. The quantitative estimate of drug-likeness (QED) is 0.169. The zero-order valence-corrected chi connectivity index (χ0v) is 10.9. The van der Waals surface area contributed by atoms with Crippen LogP contribution in [0, 0.1) is 20.2 Å². The van der Waals surface area contributed by atoms with Gasteiger partial charge in [-0.15, -0.1) is 0 Å². The maximum Gasteiger partial charge on any atom is 0.342 e. The second-order valence-electron chi connectivity index (χ2n) is 3.25. The van der Waals surface area contributed by atoms with Gasteiger partial charge in [-0.05, 0) is 0 Å². The summed E-state index contributed by atoms with van der Waals surface area (Å²) >= 11 is 0. The summed E-state index contributed by atoms with van der Waals surface area (Å²) in [6, 6.07) is 0. The molecule has 21 heavy (non-hydrogen) atoms. The summed E-state index contributed by atoms with van der Waals surface area (Å²) in [6.07, 6.45) is 8.36. The van der Waals surface area contributed by atoms with Crippen molar-refractivity contribution in [2.75, 3.05) is 0 Å². The molecule has 0 saturated carbocycles. The third kappa shape index (κ3) is 7.67. The smallest absolute Gasteiger partial charge is 0.342 e. The highest BCUT2D eigenvalue weighted by atomic mass is 16.6. The van der Waals surface area contributed by atoms with Crippen LogP contribution in [0.3, 0.4) is 0 Å². The molecule has 110 valence electrons. The molecule has 0 atom stereocenters. The first-order valence-electron chi connectivity index (χ1n) is 5.41. The molecule has 0 amide bonds. The molecule has 8 heteroatoms. The van der Waals surface area contributed by atoms with Gasteiger partial charge in [-0.3, -0.25) is 20.2 Å². The Hall–Kier alpha value is -3.29. The third-order valence-corrected chi connectivity index (χ3v) is 1.79. The first-order chi connectivity index (χ1) is 9.92. The van der Waals surface area contributed by atoms with Crippen LogP contribution >= 0.6 is 0 Å². The molecule has 0 aromatic carbocycles. The van der Waals surface area contributed by atoms with Crippen molar-refractivity contribution in [3.05, 3.63) is 93.6 Å². The van der Waals surface area contributed by atoms with Crippen molar-refractivity contribution in [1.29, 1.82) is 0 Å². The Morgan fingerprint density at radius 3 is 1.86 bits per heavy atom. The van der Waals surface area contributed by atoms with Crippen LogP contribution in [-0.2, 0) is 9.53 Å². The predicted molar refractivity (Wildman–Crippen MR) is 74.9 cm³/mol. The number of hydrogen-bond acceptors (Lipinski definition) is 6. The molecule has 0 aliphatic carbocycles. The summed E-state index contributed by atoms with van der Waals surface area (Å²) in [5.41, 5.74) is -1.06. The summed E-state index contributed by atoms with van der Waals surface area (Å²) < 4.78 is 4.45. The number of hydrogen-bond donors (Lipinski definition) is 0. The lowest BCUT2D eigenvalue weighted by Crippen LogP contribution is -2.04. The maximum absolute atomic E-state index is 11.3. The lowest BCUT2D eigenvalue weighted by atomic mass is 10.3. The molecule has 0 aromatic rings. The number of carbonyl (C=O) groups is 1. The van der Waals surface area contributed by atoms with E-state index in [1.807, 2.05) is 0 Å². The van der Waals surface area contributed by atoms with Crippen LogP contribution in [-0.4, -0.2) is 15.8 Å². The van der Waals surface area contributed by atoms with Gasteiger partial charge in [-0.1, -0.05) is 37.5 Å². The summed E-state index contributed by atoms with van der Waals surface area (Å²) in [7, 11) is 0. The molecule has 0 bridgehead atoms. The monoisotopic (exact) mass is 292 g/mol. The second kappa shape index (κ2) is 9.62. The van der Waals surface area contributed by atoms with Crippen molar-refractivity contribution in [2.45, 2.75) is 0 Å². The minimum atomic E-state index is -1.12. The number of esters is 1. The Balaban J connectivity index is 5.09. The Kier molecular flexibility index (Phi) is 8.11. The molecule has 0 radical (unpaired) electrons. The zero-order chi connectivity index (χ0) is 16.3. The van der Waals surface area contributed by atoms with Crippen LogP contribution in [0.2, 0.25) is 0 Å². The van der Waals surface area contributed by atoms with E-state index >= 15 is 0 Å². The molecule has 0 saturated heterocycles. The lowest BCUT2D eigenvalue weighted by molar-refractivity contribution is -0.420. The highest BCUT2D eigenvalue weighted by Crippen LogP contribution is 2.03. The zero-order valence-electron chi connectivity index (χ0n) is 10.9. The van der Waals surface area contributed by atoms with Crippen molar-refractivity contribution in [1.82, 2.24) is 0 Å². The van der Waals surface area contributed by atoms with Gasteiger partial charge in [0.05, 0.1) is 9.85 Å².